The van der Waals surface area contributed by atoms with Gasteiger partial charge in [0.15, 0.2) is 0 Å². The molecule has 0 aromatic carbocycles. The molecule has 6 nitrogen and oxygen atoms in total. The summed E-state index contributed by atoms with van der Waals surface area (Å²) in [6, 6.07) is 0. The average molecular weight is 923 g/mol. The Morgan fingerprint density at radius 3 is 0.750 bits per heavy atom. The van der Waals surface area contributed by atoms with Crippen molar-refractivity contribution in [1.82, 2.24) is 0 Å². The van der Waals surface area contributed by atoms with Gasteiger partial charge in [0, 0.05) is 54.6 Å². The van der Waals surface area contributed by atoms with Gasteiger partial charge in [-0.1, -0.05) is 0 Å². The first-order chi connectivity index (χ1) is 3.46. The van der Waals surface area contributed by atoms with Crippen molar-refractivity contribution in [1.29, 1.82) is 0 Å². The molecule has 8 radical (unpaired) electrons. The molecule has 0 rings (SSSR count). The van der Waals surface area contributed by atoms with Crippen LogP contribution in [0.4, 0.5) is 0 Å². The number of hydrogen-bond donors (Lipinski definition) is 0. The van der Waals surface area contributed by atoms with E-state index in [1.807, 2.05) is 0 Å². The summed E-state index contributed by atoms with van der Waals surface area (Å²) in [6.07, 6.45) is 0. The third-order valence-corrected chi connectivity index (χ3v) is 0. The van der Waals surface area contributed by atoms with Crippen LogP contribution >= 0.6 is 0 Å². The molecule has 0 spiro atoms. The molecule has 0 aliphatic heterocycles. The normalized spacial score (nSPS) is 4.17. The molecule has 0 fully saturated rings. The maximum absolute atomic E-state index is 8.62. The zero-order valence-corrected chi connectivity index (χ0v) is 22.8. The summed E-state index contributed by atoms with van der Waals surface area (Å²) in [5.41, 5.74) is 0. The monoisotopic (exact) mass is 924 g/mol. The Morgan fingerprint density at radius 1 is 0.750 bits per heavy atom. The van der Waals surface area contributed by atoms with Crippen molar-refractivity contribution in [3.63, 3.8) is 0 Å². The molecular formula is H2Mg2O6Pb2Ta2. The van der Waals surface area contributed by atoms with Gasteiger partial charge in [0.1, 0.15) is 0 Å². The average Bonchev–Trinajstić information content (AvgIpc) is 1.25. The van der Waals surface area contributed by atoms with Gasteiger partial charge in [-0.2, -0.15) is 0 Å². The first-order valence-electron chi connectivity index (χ1n) is 1.10. The molecule has 12 heavy (non-hydrogen) atoms. The van der Waals surface area contributed by atoms with E-state index in [9.17, 15) is 0 Å². The molecule has 0 heterocycles. The molecule has 0 saturated heterocycles. The van der Waals surface area contributed by atoms with Gasteiger partial charge in [0.2, 0.25) is 0 Å². The van der Waals surface area contributed by atoms with Crippen LogP contribution in [0.5, 0.6) is 0 Å². The van der Waals surface area contributed by atoms with E-state index in [1.54, 1.807) is 0 Å². The van der Waals surface area contributed by atoms with Crippen molar-refractivity contribution in [2.45, 2.75) is 0 Å². The predicted octanol–water partition coefficient (Wildman–Crippen LogP) is -4.16. The summed E-state index contributed by atoms with van der Waals surface area (Å²) in [4.78, 5) is 0. The van der Waals surface area contributed by atoms with Crippen LogP contribution in [-0.2, 0) is 50.6 Å². The number of rotatable bonds is 0. The molecule has 0 aromatic rings. The van der Waals surface area contributed by atoms with Crippen LogP contribution in [0.15, 0.2) is 0 Å². The summed E-state index contributed by atoms with van der Waals surface area (Å²) < 4.78 is 51.7. The molecular weight excluding hydrogens is 921 g/mol. The van der Waals surface area contributed by atoms with Crippen LogP contribution in [0.2, 0.25) is 0 Å². The van der Waals surface area contributed by atoms with Crippen LogP contribution in [0.1, 0.15) is 2.85 Å². The SMILES string of the molecule is [H-].[H-].[Mg+2].[Mg+2].[O]=[Ta](=[O])[O-].[O]=[Ta](=[O])[O-].[Pb].[Pb]. The van der Waals surface area contributed by atoms with E-state index >= 15 is 0 Å². The van der Waals surface area contributed by atoms with Gasteiger partial charge in [-0.05, 0) is 0 Å². The summed E-state index contributed by atoms with van der Waals surface area (Å²) in [6.45, 7) is 0. The Bertz CT molecular complexity index is 147. The minimum absolute atomic E-state index is 0. The van der Waals surface area contributed by atoms with E-state index in [1.165, 1.54) is 0 Å². The maximum Gasteiger partial charge on any atom is 0 e. The second-order valence-corrected chi connectivity index (χ2v) is 3.66. The Balaban J connectivity index is -0.00000000600. The fourth-order valence-corrected chi connectivity index (χ4v) is 0. The minimum atomic E-state index is -4.34. The van der Waals surface area contributed by atoms with E-state index in [0.717, 1.165) is 0 Å². The third-order valence-electron chi connectivity index (χ3n) is 0. The van der Waals surface area contributed by atoms with Crippen LogP contribution in [0.25, 0.3) is 0 Å². The van der Waals surface area contributed by atoms with Gasteiger partial charge >= 0.3 is 104 Å². The molecule has 12 heteroatoms. The summed E-state index contributed by atoms with van der Waals surface area (Å²) in [5.74, 6) is 0. The van der Waals surface area contributed by atoms with E-state index < -0.39 is 37.6 Å². The van der Waals surface area contributed by atoms with Gasteiger partial charge in [-0.3, -0.25) is 0 Å². The summed E-state index contributed by atoms with van der Waals surface area (Å²) in [5, 5.41) is 0. The molecule has 0 N–H and O–H groups in total. The Hall–Kier alpha value is 3.98. The molecule has 0 aliphatic carbocycles. The van der Waals surface area contributed by atoms with Crippen molar-refractivity contribution in [3.8, 4) is 0 Å². The largest absolute Gasteiger partial charge is 0 e. The van der Waals surface area contributed by atoms with Crippen molar-refractivity contribution in [2.75, 3.05) is 0 Å². The van der Waals surface area contributed by atoms with Crippen molar-refractivity contribution < 1.29 is 60.7 Å². The van der Waals surface area contributed by atoms with Gasteiger partial charge in [-0.25, -0.2) is 0 Å². The van der Waals surface area contributed by atoms with Crippen molar-refractivity contribution >= 4 is 101 Å². The van der Waals surface area contributed by atoms with Gasteiger partial charge < -0.3 is 2.85 Å². The Labute approximate surface area is 158 Å². The number of hydrogen-bond acceptors (Lipinski definition) is 6. The first kappa shape index (κ1) is 36.0. The smallest absolute Gasteiger partial charge is 0 e. The minimum Gasteiger partial charge on any atom is 0 e. The molecule has 0 bridgehead atoms. The van der Waals surface area contributed by atoms with Crippen LogP contribution in [0, 0.1) is 0 Å². The summed E-state index contributed by atoms with van der Waals surface area (Å²) in [7, 11) is 0. The topological polar surface area (TPSA) is 114 Å². The Kier molecular flexibility index (Phi) is 88.2. The molecule has 0 atom stereocenters. The molecule has 0 amide bonds. The van der Waals surface area contributed by atoms with E-state index in [0.29, 0.717) is 0 Å². The zero-order chi connectivity index (χ0) is 7.15. The zero-order valence-electron chi connectivity index (χ0n) is 7.76. The van der Waals surface area contributed by atoms with Gasteiger partial charge in [0.25, 0.3) is 0 Å². The quantitative estimate of drug-likeness (QED) is 0.229. The molecule has 60 valence electrons. The van der Waals surface area contributed by atoms with Crippen LogP contribution in [0.3, 0.4) is 0 Å². The standard InChI is InChI=1S/2Mg.6O.2Pb.2Ta.2H/q2*+2;;;;;2*-1;;;;;2*-1. The molecule has 0 aromatic heterocycles. The predicted molar refractivity (Wildman–Crippen MR) is 28.0 cm³/mol. The molecule has 0 aliphatic rings. The second kappa shape index (κ2) is 29.4. The van der Waals surface area contributed by atoms with Crippen molar-refractivity contribution in [2.24, 2.45) is 0 Å². The fraction of sp³-hybridized carbons (Fsp3) is 0. The molecule has 0 saturated carbocycles. The molecule has 0 unspecified atom stereocenters. The van der Waals surface area contributed by atoms with E-state index in [2.05, 4.69) is 0 Å². The first-order valence-corrected chi connectivity index (χ1v) is 8.97. The van der Waals surface area contributed by atoms with Gasteiger partial charge in [0.05, 0.1) is 0 Å². The maximum atomic E-state index is 8.62. The van der Waals surface area contributed by atoms with E-state index in [4.69, 9.17) is 20.2 Å². The van der Waals surface area contributed by atoms with Gasteiger partial charge in [-0.15, -0.1) is 0 Å². The Morgan fingerprint density at radius 2 is 0.750 bits per heavy atom. The van der Waals surface area contributed by atoms with Crippen LogP contribution < -0.4 is 7.23 Å². The third kappa shape index (κ3) is 149. The van der Waals surface area contributed by atoms with E-state index in [-0.39, 0.29) is 104 Å². The van der Waals surface area contributed by atoms with Crippen molar-refractivity contribution in [3.05, 3.63) is 0 Å². The summed E-state index contributed by atoms with van der Waals surface area (Å²) >= 11 is -8.69. The van der Waals surface area contributed by atoms with Crippen LogP contribution in [-0.4, -0.2) is 101 Å². The fourth-order valence-electron chi connectivity index (χ4n) is 0. The second-order valence-electron chi connectivity index (χ2n) is 0.447.